The van der Waals surface area contributed by atoms with Crippen LogP contribution in [0.3, 0.4) is 0 Å². The van der Waals surface area contributed by atoms with E-state index in [4.69, 9.17) is 27.9 Å². The van der Waals surface area contributed by atoms with Crippen LogP contribution in [0.4, 0.5) is 13.2 Å². The molecule has 0 aliphatic carbocycles. The predicted molar refractivity (Wildman–Crippen MR) is 175 cm³/mol. The summed E-state index contributed by atoms with van der Waals surface area (Å²) in [4.78, 5) is 18.1. The minimum atomic E-state index is -4.56. The van der Waals surface area contributed by atoms with Gasteiger partial charge >= 0.3 is 6.18 Å². The van der Waals surface area contributed by atoms with Gasteiger partial charge in [-0.25, -0.2) is 4.98 Å². The van der Waals surface area contributed by atoms with Crippen LogP contribution in [-0.2, 0) is 12.8 Å². The number of alkyl halides is 3. The number of fused-ring (bicyclic) bond motifs is 1. The average molecular weight is 662 g/mol. The molecule has 2 heterocycles. The first-order valence-electron chi connectivity index (χ1n) is 14.1. The zero-order valence-corrected chi connectivity index (χ0v) is 26.0. The molecule has 0 bridgehead atoms. The van der Waals surface area contributed by atoms with Gasteiger partial charge in [-0.2, -0.15) is 22.9 Å². The smallest absolute Gasteiger partial charge is 0.416 e. The lowest BCUT2D eigenvalue weighted by Gasteiger charge is -2.12. The first-order valence-corrected chi connectivity index (χ1v) is 14.8. The first kappa shape index (κ1) is 31.1. The summed E-state index contributed by atoms with van der Waals surface area (Å²) in [5.74, 6) is 0.667. The molecule has 0 spiro atoms. The Balaban J connectivity index is 1.32. The molecule has 0 radical (unpaired) electrons. The number of hydrogen-bond donors (Lipinski definition) is 0. The Morgan fingerprint density at radius 1 is 0.891 bits per heavy atom. The van der Waals surface area contributed by atoms with Crippen molar-refractivity contribution in [1.82, 2.24) is 14.2 Å². The van der Waals surface area contributed by atoms with E-state index in [0.717, 1.165) is 39.4 Å². The van der Waals surface area contributed by atoms with Crippen molar-refractivity contribution in [2.75, 3.05) is 0 Å². The minimum Gasteiger partial charge on any atom is -0.489 e. The van der Waals surface area contributed by atoms with E-state index in [-0.39, 0.29) is 11.4 Å². The van der Waals surface area contributed by atoms with Crippen molar-refractivity contribution in [3.05, 3.63) is 146 Å². The molecule has 6 aromatic rings. The van der Waals surface area contributed by atoms with Gasteiger partial charge in [0.05, 0.1) is 32.7 Å². The van der Waals surface area contributed by atoms with E-state index in [1.807, 2.05) is 54.8 Å². The number of rotatable bonds is 7. The van der Waals surface area contributed by atoms with E-state index in [1.54, 1.807) is 36.4 Å². The third kappa shape index (κ3) is 6.29. The number of benzene rings is 4. The number of nitrogens with zero attached hydrogens (tertiary/aromatic N) is 4. The van der Waals surface area contributed by atoms with Crippen LogP contribution in [0.15, 0.2) is 107 Å². The summed E-state index contributed by atoms with van der Waals surface area (Å²) >= 11 is 12.1. The molecule has 6 rings (SSSR count). The van der Waals surface area contributed by atoms with Crippen molar-refractivity contribution in [2.24, 2.45) is 5.10 Å². The highest BCUT2D eigenvalue weighted by Gasteiger charge is 2.31. The van der Waals surface area contributed by atoms with Crippen molar-refractivity contribution in [3.8, 4) is 22.8 Å². The van der Waals surface area contributed by atoms with Gasteiger partial charge in [-0.3, -0.25) is 4.79 Å². The van der Waals surface area contributed by atoms with Gasteiger partial charge in [-0.05, 0) is 86.1 Å². The molecule has 0 aliphatic heterocycles. The molecule has 0 aliphatic rings. The Hall–Kier alpha value is -4.86. The third-order valence-corrected chi connectivity index (χ3v) is 8.21. The Bertz CT molecular complexity index is 2170. The maximum Gasteiger partial charge on any atom is 0.416 e. The number of para-hydroxylation sites is 1. The van der Waals surface area contributed by atoms with Gasteiger partial charge < -0.3 is 9.30 Å². The molecule has 0 unspecified atom stereocenters. The molecule has 0 atom stereocenters. The second-order valence-electron chi connectivity index (χ2n) is 10.6. The van der Waals surface area contributed by atoms with E-state index in [1.165, 1.54) is 18.3 Å². The maximum atomic E-state index is 13.6. The SMILES string of the molecule is Cc1cc(C=Nn2c(-c3cccc(C(F)(F)F)c3)nc3ccccc3c2=O)c(C)n1-c1ccc(OCc2ccc(Cl)c(Cl)c2)cc1. The van der Waals surface area contributed by atoms with Crippen LogP contribution in [0.2, 0.25) is 10.0 Å². The first-order chi connectivity index (χ1) is 22.0. The molecule has 6 nitrogen and oxygen atoms in total. The van der Waals surface area contributed by atoms with Crippen LogP contribution in [0.5, 0.6) is 5.75 Å². The molecule has 11 heteroatoms. The summed E-state index contributed by atoms with van der Waals surface area (Å²) in [5.41, 5.74) is 3.35. The lowest BCUT2D eigenvalue weighted by atomic mass is 10.1. The summed E-state index contributed by atoms with van der Waals surface area (Å²) in [6, 6.07) is 26.2. The molecular formula is C35H25Cl2F3N4O2. The molecule has 0 fully saturated rings. The molecule has 4 aromatic carbocycles. The van der Waals surface area contributed by atoms with Crippen molar-refractivity contribution >= 4 is 40.3 Å². The molecule has 232 valence electrons. The summed E-state index contributed by atoms with van der Waals surface area (Å²) in [6.07, 6.45) is -3.04. The fourth-order valence-corrected chi connectivity index (χ4v) is 5.50. The highest BCUT2D eigenvalue weighted by Crippen LogP contribution is 2.32. The standard InChI is InChI=1S/C35H25Cl2F3N4O2/c1-21-16-25(22(2)43(21)27-11-13-28(14-12-27)46-20-23-10-15-30(36)31(37)17-23)19-41-44-33(24-6-5-7-26(18-24)35(38,39)40)42-32-9-4-3-8-29(32)34(44)45/h3-19H,20H2,1-2H3. The van der Waals surface area contributed by atoms with Crippen LogP contribution >= 0.6 is 23.2 Å². The highest BCUT2D eigenvalue weighted by atomic mass is 35.5. The predicted octanol–water partition coefficient (Wildman–Crippen LogP) is 9.26. The van der Waals surface area contributed by atoms with Gasteiger partial charge in [0.2, 0.25) is 0 Å². The molecule has 0 amide bonds. The quantitative estimate of drug-likeness (QED) is 0.160. The van der Waals surface area contributed by atoms with Crippen molar-refractivity contribution < 1.29 is 17.9 Å². The number of aromatic nitrogens is 3. The molecular weight excluding hydrogens is 636 g/mol. The van der Waals surface area contributed by atoms with E-state index < -0.39 is 17.3 Å². The van der Waals surface area contributed by atoms with Gasteiger partial charge in [0.15, 0.2) is 5.82 Å². The number of halogens is 5. The normalized spacial score (nSPS) is 11.9. The Labute approximate surface area is 271 Å². The maximum absolute atomic E-state index is 13.6. The Kier molecular flexibility index (Phi) is 8.46. The van der Waals surface area contributed by atoms with Crippen molar-refractivity contribution in [2.45, 2.75) is 26.6 Å². The Morgan fingerprint density at radius 2 is 1.65 bits per heavy atom. The summed E-state index contributed by atoms with van der Waals surface area (Å²) < 4.78 is 49.6. The monoisotopic (exact) mass is 660 g/mol. The topological polar surface area (TPSA) is 61.4 Å². The molecule has 2 aromatic heterocycles. The van der Waals surface area contributed by atoms with Gasteiger partial charge in [0.1, 0.15) is 12.4 Å². The molecule has 46 heavy (non-hydrogen) atoms. The molecule has 0 saturated carbocycles. The zero-order valence-electron chi connectivity index (χ0n) is 24.5. The second-order valence-corrected chi connectivity index (χ2v) is 11.4. The van der Waals surface area contributed by atoms with Crippen LogP contribution in [0.1, 0.15) is 28.1 Å². The van der Waals surface area contributed by atoms with Crippen LogP contribution in [0, 0.1) is 13.8 Å². The van der Waals surface area contributed by atoms with E-state index in [0.29, 0.717) is 38.9 Å². The lowest BCUT2D eigenvalue weighted by molar-refractivity contribution is -0.137. The van der Waals surface area contributed by atoms with E-state index in [9.17, 15) is 18.0 Å². The number of ether oxygens (including phenoxy) is 1. The fraction of sp³-hybridized carbons (Fsp3) is 0.114. The second kappa shape index (κ2) is 12.5. The van der Waals surface area contributed by atoms with Gasteiger partial charge in [0, 0.05) is 28.2 Å². The summed E-state index contributed by atoms with van der Waals surface area (Å²) in [7, 11) is 0. The van der Waals surface area contributed by atoms with Gasteiger partial charge in [-0.15, -0.1) is 0 Å². The van der Waals surface area contributed by atoms with Crippen LogP contribution in [0.25, 0.3) is 28.0 Å². The average Bonchev–Trinajstić information content (AvgIpc) is 3.33. The minimum absolute atomic E-state index is 0.00341. The highest BCUT2D eigenvalue weighted by molar-refractivity contribution is 6.42. The largest absolute Gasteiger partial charge is 0.489 e. The summed E-state index contributed by atoms with van der Waals surface area (Å²) in [6.45, 7) is 4.18. The van der Waals surface area contributed by atoms with E-state index in [2.05, 4.69) is 10.1 Å². The van der Waals surface area contributed by atoms with E-state index >= 15 is 0 Å². The summed E-state index contributed by atoms with van der Waals surface area (Å²) in [5, 5.41) is 5.70. The Morgan fingerprint density at radius 3 is 2.39 bits per heavy atom. The van der Waals surface area contributed by atoms with Crippen LogP contribution in [-0.4, -0.2) is 20.4 Å². The molecule has 0 N–H and O–H groups in total. The number of hydrogen-bond acceptors (Lipinski definition) is 4. The van der Waals surface area contributed by atoms with Crippen LogP contribution < -0.4 is 10.3 Å². The number of aryl methyl sites for hydroxylation is 1. The zero-order chi connectivity index (χ0) is 32.6. The van der Waals surface area contributed by atoms with Gasteiger partial charge in [0.25, 0.3) is 5.56 Å². The molecule has 0 saturated heterocycles. The van der Waals surface area contributed by atoms with Crippen molar-refractivity contribution in [1.29, 1.82) is 0 Å². The van der Waals surface area contributed by atoms with Crippen molar-refractivity contribution in [3.63, 3.8) is 0 Å². The lowest BCUT2D eigenvalue weighted by Crippen LogP contribution is -2.20. The van der Waals surface area contributed by atoms with Gasteiger partial charge in [-0.1, -0.05) is 53.5 Å². The fourth-order valence-electron chi connectivity index (χ4n) is 5.18. The third-order valence-electron chi connectivity index (χ3n) is 7.47.